The van der Waals surface area contributed by atoms with E-state index < -0.39 is 85.1 Å². The van der Waals surface area contributed by atoms with Gasteiger partial charge in [-0.1, -0.05) is 12.1 Å². The fourth-order valence-corrected chi connectivity index (χ4v) is 4.47. The topological polar surface area (TPSA) is 147 Å². The summed E-state index contributed by atoms with van der Waals surface area (Å²) in [6.07, 6.45) is -4.89. The SMILES string of the molecule is OC[C@H]1O[C@@H](OCCOc2c(F)c(F)c(-c3cc(-c4ccccn4)nc(-c4ccccn4)c3)c(F)c2F)[C@H](O)[C@@H](O)[C@@H]1O. The number of aliphatic hydroxyl groups excluding tert-OH is 4. The third-order valence-electron chi connectivity index (χ3n) is 6.65. The number of halogens is 4. The van der Waals surface area contributed by atoms with Crippen molar-refractivity contribution < 1.29 is 52.2 Å². The molecule has 3 aromatic heterocycles. The van der Waals surface area contributed by atoms with E-state index in [1.54, 1.807) is 36.4 Å². The molecule has 0 amide bonds. The van der Waals surface area contributed by atoms with Gasteiger partial charge in [-0.25, -0.2) is 13.8 Å². The maximum Gasteiger partial charge on any atom is 0.204 e. The van der Waals surface area contributed by atoms with Crippen molar-refractivity contribution in [2.45, 2.75) is 30.7 Å². The lowest BCUT2D eigenvalue weighted by Gasteiger charge is -2.39. The van der Waals surface area contributed by atoms with Crippen molar-refractivity contribution in [1.29, 1.82) is 0 Å². The van der Waals surface area contributed by atoms with Crippen LogP contribution in [-0.2, 0) is 9.47 Å². The molecule has 0 aliphatic carbocycles. The Labute approximate surface area is 241 Å². The molecule has 10 nitrogen and oxygen atoms in total. The van der Waals surface area contributed by atoms with Crippen molar-refractivity contribution in [3.8, 4) is 39.7 Å². The maximum atomic E-state index is 15.4. The summed E-state index contributed by atoms with van der Waals surface area (Å²) in [7, 11) is 0. The summed E-state index contributed by atoms with van der Waals surface area (Å²) in [5, 5.41) is 38.9. The summed E-state index contributed by atoms with van der Waals surface area (Å²) < 4.78 is 76.3. The minimum atomic E-state index is -1.81. The standard InChI is InChI=1S/C29H25F4N3O7/c30-21-20(14-11-17(15-5-1-3-7-34-15)36-18(12-14)16-6-2-4-8-35-16)22(31)24(33)28(23(21)32)41-9-10-42-29-27(40)26(39)25(38)19(13-37)43-29/h1-8,11-12,19,25-27,29,37-40H,9-10,13H2/t19-,25-,26+,27-,29-/m1/s1. The molecule has 1 fully saturated rings. The van der Waals surface area contributed by atoms with Crippen LogP contribution in [0.5, 0.6) is 5.75 Å². The average Bonchev–Trinajstić information content (AvgIpc) is 3.04. The summed E-state index contributed by atoms with van der Waals surface area (Å²) in [5.41, 5.74) is -0.225. The third-order valence-corrected chi connectivity index (χ3v) is 6.65. The lowest BCUT2D eigenvalue weighted by molar-refractivity contribution is -0.301. The molecule has 1 saturated heterocycles. The van der Waals surface area contributed by atoms with E-state index >= 15 is 17.6 Å². The fraction of sp³-hybridized carbons (Fsp3) is 0.276. The molecule has 226 valence electrons. The van der Waals surface area contributed by atoms with E-state index in [1.807, 2.05) is 0 Å². The summed E-state index contributed by atoms with van der Waals surface area (Å²) in [6, 6.07) is 12.3. The van der Waals surface area contributed by atoms with Gasteiger partial charge in [0.15, 0.2) is 23.7 Å². The molecule has 1 aliphatic heterocycles. The first-order valence-electron chi connectivity index (χ1n) is 13.0. The van der Waals surface area contributed by atoms with Crippen LogP contribution in [0.15, 0.2) is 60.9 Å². The molecule has 4 aromatic rings. The Morgan fingerprint density at radius 2 is 1.30 bits per heavy atom. The molecule has 0 spiro atoms. The molecular formula is C29H25F4N3O7. The van der Waals surface area contributed by atoms with Gasteiger partial charge >= 0.3 is 0 Å². The Morgan fingerprint density at radius 1 is 0.721 bits per heavy atom. The molecule has 4 heterocycles. The first-order chi connectivity index (χ1) is 20.7. The minimum Gasteiger partial charge on any atom is -0.485 e. The summed E-state index contributed by atoms with van der Waals surface area (Å²) in [5.74, 6) is -8.42. The van der Waals surface area contributed by atoms with Gasteiger partial charge in [0.2, 0.25) is 11.6 Å². The molecule has 5 rings (SSSR count). The third kappa shape index (κ3) is 6.20. The van der Waals surface area contributed by atoms with Gasteiger partial charge in [0.25, 0.3) is 0 Å². The number of hydrogen-bond donors (Lipinski definition) is 4. The molecule has 43 heavy (non-hydrogen) atoms. The van der Waals surface area contributed by atoms with E-state index in [1.165, 1.54) is 24.5 Å². The number of aromatic nitrogens is 3. The van der Waals surface area contributed by atoms with E-state index in [2.05, 4.69) is 15.0 Å². The smallest absolute Gasteiger partial charge is 0.204 e. The van der Waals surface area contributed by atoms with Gasteiger partial charge in [-0.3, -0.25) is 9.97 Å². The number of nitrogens with zero attached hydrogens (tertiary/aromatic N) is 3. The number of hydrogen-bond acceptors (Lipinski definition) is 10. The van der Waals surface area contributed by atoms with Crippen LogP contribution >= 0.6 is 0 Å². The van der Waals surface area contributed by atoms with Crippen LogP contribution in [0.25, 0.3) is 33.9 Å². The van der Waals surface area contributed by atoms with Crippen LogP contribution in [0, 0.1) is 23.3 Å². The molecule has 14 heteroatoms. The van der Waals surface area contributed by atoms with Crippen molar-refractivity contribution in [3.05, 3.63) is 84.2 Å². The molecule has 0 saturated carbocycles. The van der Waals surface area contributed by atoms with E-state index in [-0.39, 0.29) is 17.0 Å². The number of pyridine rings is 3. The second-order valence-electron chi connectivity index (χ2n) is 9.43. The number of ether oxygens (including phenoxy) is 3. The van der Waals surface area contributed by atoms with Crippen molar-refractivity contribution in [2.75, 3.05) is 19.8 Å². The summed E-state index contributed by atoms with van der Waals surface area (Å²) >= 11 is 0. The van der Waals surface area contributed by atoms with E-state index in [0.29, 0.717) is 11.4 Å². The predicted octanol–water partition coefficient (Wildman–Crippen LogP) is 2.62. The second-order valence-corrected chi connectivity index (χ2v) is 9.43. The average molecular weight is 604 g/mol. The predicted molar refractivity (Wildman–Crippen MR) is 141 cm³/mol. The van der Waals surface area contributed by atoms with Crippen LogP contribution in [0.3, 0.4) is 0 Å². The van der Waals surface area contributed by atoms with Crippen LogP contribution in [0.2, 0.25) is 0 Å². The quantitative estimate of drug-likeness (QED) is 0.128. The number of rotatable bonds is 9. The highest BCUT2D eigenvalue weighted by atomic mass is 19.2. The Bertz CT molecular complexity index is 1480. The van der Waals surface area contributed by atoms with E-state index in [4.69, 9.17) is 14.2 Å². The van der Waals surface area contributed by atoms with Crippen LogP contribution in [-0.4, -0.2) is 85.9 Å². The lowest BCUT2D eigenvalue weighted by Crippen LogP contribution is -2.59. The van der Waals surface area contributed by atoms with Gasteiger partial charge in [0, 0.05) is 12.4 Å². The lowest BCUT2D eigenvalue weighted by atomic mass is 9.99. The minimum absolute atomic E-state index is 0.170. The second kappa shape index (κ2) is 13.1. The van der Waals surface area contributed by atoms with Crippen molar-refractivity contribution in [1.82, 2.24) is 15.0 Å². The number of benzene rings is 1. The zero-order valence-electron chi connectivity index (χ0n) is 22.1. The highest BCUT2D eigenvalue weighted by molar-refractivity contribution is 5.76. The zero-order valence-corrected chi connectivity index (χ0v) is 22.1. The molecule has 1 aliphatic rings. The number of aliphatic hydroxyl groups is 4. The Kier molecular flexibility index (Phi) is 9.25. The van der Waals surface area contributed by atoms with Crippen LogP contribution < -0.4 is 4.74 Å². The van der Waals surface area contributed by atoms with E-state index in [0.717, 1.165) is 0 Å². The first kappa shape index (κ1) is 30.4. The normalized spacial score (nSPS) is 22.0. The molecule has 0 radical (unpaired) electrons. The van der Waals surface area contributed by atoms with Crippen molar-refractivity contribution in [3.63, 3.8) is 0 Å². The van der Waals surface area contributed by atoms with Crippen molar-refractivity contribution >= 4 is 0 Å². The van der Waals surface area contributed by atoms with Crippen molar-refractivity contribution in [2.24, 2.45) is 0 Å². The van der Waals surface area contributed by atoms with E-state index in [9.17, 15) is 20.4 Å². The largest absolute Gasteiger partial charge is 0.485 e. The van der Waals surface area contributed by atoms with Crippen LogP contribution in [0.4, 0.5) is 17.6 Å². The highest BCUT2D eigenvalue weighted by Gasteiger charge is 2.44. The zero-order chi connectivity index (χ0) is 30.7. The summed E-state index contributed by atoms with van der Waals surface area (Å²) in [6.45, 7) is -1.89. The van der Waals surface area contributed by atoms with Gasteiger partial charge in [-0.05, 0) is 42.0 Å². The molecule has 4 N–H and O–H groups in total. The Hall–Kier alpha value is -4.05. The van der Waals surface area contributed by atoms with Gasteiger partial charge in [0.1, 0.15) is 31.0 Å². The Balaban J connectivity index is 1.41. The molecular weight excluding hydrogens is 578 g/mol. The van der Waals surface area contributed by atoms with Crippen LogP contribution in [0.1, 0.15) is 0 Å². The van der Waals surface area contributed by atoms with Gasteiger partial charge in [-0.15, -0.1) is 0 Å². The van der Waals surface area contributed by atoms with Gasteiger partial charge in [-0.2, -0.15) is 8.78 Å². The molecule has 0 bridgehead atoms. The first-order valence-corrected chi connectivity index (χ1v) is 13.0. The highest BCUT2D eigenvalue weighted by Crippen LogP contribution is 2.38. The van der Waals surface area contributed by atoms with Gasteiger partial charge < -0.3 is 34.6 Å². The molecule has 1 aromatic carbocycles. The van der Waals surface area contributed by atoms with Gasteiger partial charge in [0.05, 0.1) is 41.6 Å². The Morgan fingerprint density at radius 3 is 1.81 bits per heavy atom. The monoisotopic (exact) mass is 603 g/mol. The summed E-state index contributed by atoms with van der Waals surface area (Å²) in [4.78, 5) is 12.9. The molecule has 5 atom stereocenters. The maximum absolute atomic E-state index is 15.4. The fourth-order valence-electron chi connectivity index (χ4n) is 4.47. The molecule has 0 unspecified atom stereocenters.